The Labute approximate surface area is 124 Å². The first-order valence-electron chi connectivity index (χ1n) is 6.39. The van der Waals surface area contributed by atoms with Crippen molar-refractivity contribution in [2.45, 2.75) is 13.1 Å². The number of esters is 1. The summed E-state index contributed by atoms with van der Waals surface area (Å²) in [6.07, 6.45) is -4.53. The topological polar surface area (TPSA) is 48.4 Å². The van der Waals surface area contributed by atoms with Gasteiger partial charge in [0.2, 0.25) is 5.88 Å². The first kappa shape index (κ1) is 15.8. The first-order chi connectivity index (χ1) is 10.4. The van der Waals surface area contributed by atoms with Crippen LogP contribution in [0.25, 0.3) is 0 Å². The average Bonchev–Trinajstić information content (AvgIpc) is 2.48. The van der Waals surface area contributed by atoms with Crippen LogP contribution in [-0.2, 0) is 10.9 Å². The predicted octanol–water partition coefficient (Wildman–Crippen LogP) is 4.07. The highest BCUT2D eigenvalue weighted by molar-refractivity contribution is 5.89. The van der Waals surface area contributed by atoms with Crippen LogP contribution in [0.15, 0.2) is 42.5 Å². The zero-order valence-electron chi connectivity index (χ0n) is 11.6. The van der Waals surface area contributed by atoms with E-state index in [0.717, 1.165) is 6.07 Å². The van der Waals surface area contributed by atoms with E-state index in [1.807, 2.05) is 0 Å². The number of aromatic nitrogens is 1. The van der Waals surface area contributed by atoms with Crippen molar-refractivity contribution >= 4 is 5.97 Å². The first-order valence-corrected chi connectivity index (χ1v) is 6.39. The molecule has 0 bridgehead atoms. The maximum Gasteiger partial charge on any atom is 0.433 e. The van der Waals surface area contributed by atoms with Crippen molar-refractivity contribution in [3.05, 3.63) is 53.7 Å². The molecule has 0 fully saturated rings. The van der Waals surface area contributed by atoms with Crippen molar-refractivity contribution in [1.82, 2.24) is 4.98 Å². The maximum absolute atomic E-state index is 12.6. The Morgan fingerprint density at radius 3 is 2.41 bits per heavy atom. The van der Waals surface area contributed by atoms with Gasteiger partial charge in [0, 0.05) is 6.07 Å². The summed E-state index contributed by atoms with van der Waals surface area (Å²) in [6.45, 7) is 1.94. The second-order valence-electron chi connectivity index (χ2n) is 4.21. The van der Waals surface area contributed by atoms with Crippen molar-refractivity contribution in [1.29, 1.82) is 0 Å². The van der Waals surface area contributed by atoms with Gasteiger partial charge < -0.3 is 9.47 Å². The van der Waals surface area contributed by atoms with Gasteiger partial charge in [-0.15, -0.1) is 0 Å². The largest absolute Gasteiger partial charge is 0.462 e. The number of halogens is 3. The van der Waals surface area contributed by atoms with Crippen molar-refractivity contribution in [3.63, 3.8) is 0 Å². The number of ether oxygens (including phenoxy) is 2. The number of hydrogen-bond acceptors (Lipinski definition) is 4. The number of benzene rings is 1. The van der Waals surface area contributed by atoms with Crippen LogP contribution in [0.3, 0.4) is 0 Å². The predicted molar refractivity (Wildman–Crippen MR) is 71.7 cm³/mol. The molecular formula is C15H12F3NO3. The van der Waals surface area contributed by atoms with E-state index in [0.29, 0.717) is 5.56 Å². The Morgan fingerprint density at radius 2 is 1.82 bits per heavy atom. The molecule has 0 saturated carbocycles. The van der Waals surface area contributed by atoms with Gasteiger partial charge in [-0.05, 0) is 37.3 Å². The molecule has 116 valence electrons. The lowest BCUT2D eigenvalue weighted by Gasteiger charge is -2.09. The summed E-state index contributed by atoms with van der Waals surface area (Å²) in [5, 5.41) is 0. The van der Waals surface area contributed by atoms with Gasteiger partial charge in [-0.3, -0.25) is 0 Å². The summed E-state index contributed by atoms with van der Waals surface area (Å²) < 4.78 is 47.7. The second kappa shape index (κ2) is 6.46. The fourth-order valence-electron chi connectivity index (χ4n) is 1.62. The van der Waals surface area contributed by atoms with Gasteiger partial charge in [-0.25, -0.2) is 9.78 Å². The van der Waals surface area contributed by atoms with E-state index in [1.54, 1.807) is 6.92 Å². The molecule has 0 spiro atoms. The molecule has 0 aliphatic heterocycles. The molecule has 0 aliphatic carbocycles. The van der Waals surface area contributed by atoms with Gasteiger partial charge in [0.25, 0.3) is 0 Å². The Kier molecular flexibility index (Phi) is 4.65. The summed E-state index contributed by atoms with van der Waals surface area (Å²) in [5.74, 6) is -0.398. The van der Waals surface area contributed by atoms with E-state index in [4.69, 9.17) is 9.47 Å². The molecule has 0 saturated heterocycles. The molecule has 1 aromatic heterocycles. The number of rotatable bonds is 4. The van der Waals surface area contributed by atoms with E-state index in [-0.39, 0.29) is 18.2 Å². The van der Waals surface area contributed by atoms with Crippen LogP contribution in [0.1, 0.15) is 23.0 Å². The minimum absolute atomic E-state index is 0.182. The number of alkyl halides is 3. The van der Waals surface area contributed by atoms with Gasteiger partial charge in [0.15, 0.2) is 0 Å². The third kappa shape index (κ3) is 3.97. The monoisotopic (exact) mass is 311 g/mol. The van der Waals surface area contributed by atoms with Gasteiger partial charge in [-0.1, -0.05) is 6.07 Å². The standard InChI is InChI=1S/C15H12F3NO3/c1-2-21-14(20)10-6-8-11(9-7-10)22-13-5-3-4-12(19-13)15(16,17)18/h3-9H,2H2,1H3. The number of nitrogens with zero attached hydrogens (tertiary/aromatic N) is 1. The van der Waals surface area contributed by atoms with E-state index in [1.165, 1.54) is 36.4 Å². The highest BCUT2D eigenvalue weighted by atomic mass is 19.4. The van der Waals surface area contributed by atoms with Crippen molar-refractivity contribution in [3.8, 4) is 11.6 Å². The zero-order chi connectivity index (χ0) is 16.2. The van der Waals surface area contributed by atoms with E-state index in [9.17, 15) is 18.0 Å². The van der Waals surface area contributed by atoms with Crippen molar-refractivity contribution in [2.24, 2.45) is 0 Å². The van der Waals surface area contributed by atoms with Crippen LogP contribution in [-0.4, -0.2) is 17.6 Å². The second-order valence-corrected chi connectivity index (χ2v) is 4.21. The van der Waals surface area contributed by atoms with Crippen molar-refractivity contribution < 1.29 is 27.4 Å². The molecule has 2 aromatic rings. The molecule has 7 heteroatoms. The Bertz CT molecular complexity index is 654. The molecule has 0 amide bonds. The average molecular weight is 311 g/mol. The van der Waals surface area contributed by atoms with Crippen LogP contribution in [0.4, 0.5) is 13.2 Å². The summed E-state index contributed by atoms with van der Waals surface area (Å²) in [4.78, 5) is 14.9. The highest BCUT2D eigenvalue weighted by Gasteiger charge is 2.32. The number of hydrogen-bond donors (Lipinski definition) is 0. The summed E-state index contributed by atoms with van der Waals surface area (Å²) in [7, 11) is 0. The molecule has 0 radical (unpaired) electrons. The molecule has 0 aliphatic rings. The van der Waals surface area contributed by atoms with Crippen LogP contribution in [0.2, 0.25) is 0 Å². The molecule has 0 unspecified atom stereocenters. The van der Waals surface area contributed by atoms with Crippen molar-refractivity contribution in [2.75, 3.05) is 6.61 Å². The fraction of sp³-hybridized carbons (Fsp3) is 0.200. The Morgan fingerprint density at radius 1 is 1.14 bits per heavy atom. The Hall–Kier alpha value is -2.57. The number of pyridine rings is 1. The normalized spacial score (nSPS) is 11.1. The molecule has 0 atom stereocenters. The summed E-state index contributed by atoms with van der Waals surface area (Å²) in [6, 6.07) is 9.20. The van der Waals surface area contributed by atoms with Gasteiger partial charge in [0.1, 0.15) is 11.4 Å². The minimum Gasteiger partial charge on any atom is -0.462 e. The molecule has 2 rings (SSSR count). The minimum atomic E-state index is -4.53. The third-order valence-corrected chi connectivity index (χ3v) is 2.60. The van der Waals surface area contributed by atoms with E-state index < -0.39 is 17.8 Å². The lowest BCUT2D eigenvalue weighted by molar-refractivity contribution is -0.141. The van der Waals surface area contributed by atoms with Gasteiger partial charge in [0.05, 0.1) is 12.2 Å². The lowest BCUT2D eigenvalue weighted by Crippen LogP contribution is -2.08. The highest BCUT2D eigenvalue weighted by Crippen LogP contribution is 2.29. The molecule has 22 heavy (non-hydrogen) atoms. The van der Waals surface area contributed by atoms with Crippen LogP contribution < -0.4 is 4.74 Å². The zero-order valence-corrected chi connectivity index (χ0v) is 11.6. The molecule has 1 aromatic carbocycles. The number of carbonyl (C=O) groups excluding carboxylic acids is 1. The van der Waals surface area contributed by atoms with Crippen LogP contribution in [0, 0.1) is 0 Å². The molecule has 0 N–H and O–H groups in total. The Balaban J connectivity index is 2.13. The van der Waals surface area contributed by atoms with Gasteiger partial charge >= 0.3 is 12.1 Å². The SMILES string of the molecule is CCOC(=O)c1ccc(Oc2cccc(C(F)(F)F)n2)cc1. The van der Waals surface area contributed by atoms with E-state index >= 15 is 0 Å². The number of carbonyl (C=O) groups is 1. The van der Waals surface area contributed by atoms with Gasteiger partial charge in [-0.2, -0.15) is 13.2 Å². The smallest absolute Gasteiger partial charge is 0.433 e. The van der Waals surface area contributed by atoms with Crippen LogP contribution in [0.5, 0.6) is 11.6 Å². The summed E-state index contributed by atoms with van der Waals surface area (Å²) >= 11 is 0. The van der Waals surface area contributed by atoms with E-state index in [2.05, 4.69) is 4.98 Å². The van der Waals surface area contributed by atoms with Crippen LogP contribution >= 0.6 is 0 Å². The molecular weight excluding hydrogens is 299 g/mol. The fourth-order valence-corrected chi connectivity index (χ4v) is 1.62. The summed E-state index contributed by atoms with van der Waals surface area (Å²) in [5.41, 5.74) is -0.709. The maximum atomic E-state index is 12.6. The third-order valence-electron chi connectivity index (χ3n) is 2.60. The quantitative estimate of drug-likeness (QED) is 0.799. The lowest BCUT2D eigenvalue weighted by atomic mass is 10.2. The molecule has 1 heterocycles. The molecule has 4 nitrogen and oxygen atoms in total.